The second-order valence-electron chi connectivity index (χ2n) is 2.70. The lowest BCUT2D eigenvalue weighted by Crippen LogP contribution is -2.45. The van der Waals surface area contributed by atoms with Gasteiger partial charge in [0.15, 0.2) is 9.85 Å². The van der Waals surface area contributed by atoms with Crippen LogP contribution in [0.4, 0.5) is 10.3 Å². The maximum atomic E-state index is 13.5. The molecule has 13 heteroatoms. The zero-order valence-corrected chi connectivity index (χ0v) is 8.01. The molecule has 12 nitrogen and oxygen atoms in total. The average molecular weight is 250 g/mol. The Balaban J connectivity index is 3.45. The number of hydrogen-bond donors (Lipinski definition) is 0. The molecule has 0 aromatic carbocycles. The average Bonchev–Trinajstić information content (AvgIpc) is 2.58. The standard InChI is InChI=1S/C4H3FN6O6/c1-2-6-3(9(12)13)7-8(2)4(5,10(14)15)11(16)17/h1H3. The third-order valence-electron chi connectivity index (χ3n) is 1.66. The predicted octanol–water partition coefficient (Wildman–Crippen LogP) is -0.415. The summed E-state index contributed by atoms with van der Waals surface area (Å²) in [4.78, 5) is 29.0. The normalized spacial score (nSPS) is 11.2. The maximum Gasteiger partial charge on any atom is 0.748 e. The zero-order valence-electron chi connectivity index (χ0n) is 8.01. The van der Waals surface area contributed by atoms with Crippen molar-refractivity contribution in [1.29, 1.82) is 0 Å². The minimum Gasteiger partial charge on any atom is -0.390 e. The molecule has 0 aliphatic rings. The quantitative estimate of drug-likeness (QED) is 0.301. The van der Waals surface area contributed by atoms with Crippen LogP contribution in [0.1, 0.15) is 5.82 Å². The molecular formula is C4H3FN6O6. The molecule has 0 radical (unpaired) electrons. The molecule has 0 amide bonds. The Hall–Kier alpha value is -2.73. The van der Waals surface area contributed by atoms with Crippen LogP contribution in [0.25, 0.3) is 0 Å². The topological polar surface area (TPSA) is 160 Å². The Morgan fingerprint density at radius 3 is 2.00 bits per heavy atom. The molecule has 0 N–H and O–H groups in total. The smallest absolute Gasteiger partial charge is 0.390 e. The molecule has 0 bridgehead atoms. The predicted molar refractivity (Wildman–Crippen MR) is 44.5 cm³/mol. The number of hydrogen-bond acceptors (Lipinski definition) is 8. The van der Waals surface area contributed by atoms with Crippen LogP contribution in [-0.2, 0) is 6.04 Å². The van der Waals surface area contributed by atoms with Gasteiger partial charge >= 0.3 is 12.0 Å². The van der Waals surface area contributed by atoms with Gasteiger partial charge in [0.1, 0.15) is 0 Å². The van der Waals surface area contributed by atoms with Crippen LogP contribution in [0, 0.1) is 37.3 Å². The Morgan fingerprint density at radius 2 is 1.71 bits per heavy atom. The Labute approximate surface area is 90.1 Å². The fourth-order valence-electron chi connectivity index (χ4n) is 0.944. The molecule has 0 spiro atoms. The van der Waals surface area contributed by atoms with E-state index in [9.17, 15) is 34.7 Å². The van der Waals surface area contributed by atoms with Gasteiger partial charge in [-0.3, -0.25) is 20.2 Å². The van der Waals surface area contributed by atoms with Crippen LogP contribution < -0.4 is 0 Å². The van der Waals surface area contributed by atoms with E-state index in [0.29, 0.717) is 0 Å². The molecule has 1 aromatic heterocycles. The van der Waals surface area contributed by atoms with Crippen molar-refractivity contribution in [3.8, 4) is 0 Å². The van der Waals surface area contributed by atoms with Crippen LogP contribution in [0.3, 0.4) is 0 Å². The van der Waals surface area contributed by atoms with Gasteiger partial charge in [-0.2, -0.15) is 0 Å². The molecule has 1 rings (SSSR count). The number of alkyl halides is 1. The highest BCUT2D eigenvalue weighted by Gasteiger charge is 2.66. The Morgan fingerprint density at radius 1 is 1.24 bits per heavy atom. The second-order valence-corrected chi connectivity index (χ2v) is 2.70. The maximum absolute atomic E-state index is 13.5. The highest BCUT2D eigenvalue weighted by molar-refractivity contribution is 5.03. The highest BCUT2D eigenvalue weighted by atomic mass is 19.2. The summed E-state index contributed by atoms with van der Waals surface area (Å²) in [6, 6.07) is -4.33. The minimum absolute atomic E-state index is 0.370. The summed E-state index contributed by atoms with van der Waals surface area (Å²) in [5.41, 5.74) is 0. The summed E-state index contributed by atoms with van der Waals surface area (Å²) in [5.74, 6) is -1.85. The van der Waals surface area contributed by atoms with E-state index in [2.05, 4.69) is 10.1 Å². The summed E-state index contributed by atoms with van der Waals surface area (Å²) in [5, 5.41) is 33.7. The number of nitrogens with zero attached hydrogens (tertiary/aromatic N) is 6. The first-order valence-electron chi connectivity index (χ1n) is 3.77. The van der Waals surface area contributed by atoms with Gasteiger partial charge in [-0.15, -0.1) is 0 Å². The van der Waals surface area contributed by atoms with Crippen molar-refractivity contribution in [2.45, 2.75) is 13.0 Å². The van der Waals surface area contributed by atoms with E-state index in [1.165, 1.54) is 0 Å². The molecular weight excluding hydrogens is 247 g/mol. The van der Waals surface area contributed by atoms with E-state index < -0.39 is 32.6 Å². The molecule has 0 atom stereocenters. The van der Waals surface area contributed by atoms with E-state index in [1.54, 1.807) is 0 Å². The fraction of sp³-hybridized carbons (Fsp3) is 0.500. The second kappa shape index (κ2) is 3.69. The third-order valence-corrected chi connectivity index (χ3v) is 1.66. The van der Waals surface area contributed by atoms with Gasteiger partial charge in [0.05, 0.1) is 0 Å². The number of rotatable bonds is 4. The zero-order chi connectivity index (χ0) is 13.4. The first kappa shape index (κ1) is 12.3. The summed E-state index contributed by atoms with van der Waals surface area (Å²) in [6.07, 6.45) is 0. The fourth-order valence-corrected chi connectivity index (χ4v) is 0.944. The van der Waals surface area contributed by atoms with Crippen LogP contribution in [0.15, 0.2) is 0 Å². The summed E-state index contributed by atoms with van der Waals surface area (Å²) in [6.45, 7) is 0.904. The van der Waals surface area contributed by atoms with Crippen molar-refractivity contribution in [1.82, 2.24) is 14.8 Å². The Kier molecular flexibility index (Phi) is 2.68. The lowest BCUT2D eigenvalue weighted by molar-refractivity contribution is -0.871. The van der Waals surface area contributed by atoms with Gasteiger partial charge in [0.25, 0.3) is 0 Å². The SMILES string of the molecule is Cc1nc([N+](=O)[O-])nn1C(F)([N+](=O)[O-])[N+](=O)[O-]. The molecule has 0 saturated carbocycles. The van der Waals surface area contributed by atoms with E-state index in [-0.39, 0.29) is 4.68 Å². The highest BCUT2D eigenvalue weighted by Crippen LogP contribution is 2.22. The molecule has 1 aromatic rings. The molecule has 0 unspecified atom stereocenters. The van der Waals surface area contributed by atoms with Crippen molar-refractivity contribution in [2.75, 3.05) is 0 Å². The van der Waals surface area contributed by atoms with Crippen molar-refractivity contribution >= 4 is 5.95 Å². The first-order valence-corrected chi connectivity index (χ1v) is 3.77. The number of nitro groups is 3. The molecule has 92 valence electrons. The van der Waals surface area contributed by atoms with Gasteiger partial charge < -0.3 is 10.1 Å². The van der Waals surface area contributed by atoms with Gasteiger partial charge in [-0.1, -0.05) is 4.39 Å². The Bertz CT molecular complexity index is 497. The van der Waals surface area contributed by atoms with E-state index in [0.717, 1.165) is 6.92 Å². The molecule has 0 fully saturated rings. The van der Waals surface area contributed by atoms with Crippen LogP contribution in [-0.4, -0.2) is 29.5 Å². The van der Waals surface area contributed by atoms with Crippen molar-refractivity contribution in [2.24, 2.45) is 0 Å². The largest absolute Gasteiger partial charge is 0.748 e. The molecule has 0 aliphatic heterocycles. The van der Waals surface area contributed by atoms with Gasteiger partial charge in [0.2, 0.25) is 5.82 Å². The molecule has 0 aliphatic carbocycles. The lowest BCUT2D eigenvalue weighted by Gasteiger charge is -2.04. The summed E-state index contributed by atoms with van der Waals surface area (Å²) >= 11 is 0. The van der Waals surface area contributed by atoms with E-state index in [4.69, 9.17) is 0 Å². The number of aryl methyl sites for hydroxylation is 1. The van der Waals surface area contributed by atoms with Crippen LogP contribution in [0.5, 0.6) is 0 Å². The third kappa shape index (κ3) is 1.72. The van der Waals surface area contributed by atoms with Gasteiger partial charge in [-0.05, 0) is 9.91 Å². The van der Waals surface area contributed by atoms with E-state index in [1.807, 2.05) is 0 Å². The monoisotopic (exact) mass is 250 g/mol. The van der Waals surface area contributed by atoms with Crippen LogP contribution >= 0.6 is 0 Å². The first-order chi connectivity index (χ1) is 7.71. The minimum atomic E-state index is -4.33. The molecule has 0 saturated heterocycles. The van der Waals surface area contributed by atoms with Crippen molar-refractivity contribution < 1.29 is 19.2 Å². The number of halogens is 1. The summed E-state index contributed by atoms with van der Waals surface area (Å²) in [7, 11) is 0. The van der Waals surface area contributed by atoms with E-state index >= 15 is 0 Å². The van der Waals surface area contributed by atoms with Crippen molar-refractivity contribution in [3.63, 3.8) is 0 Å². The lowest BCUT2D eigenvalue weighted by atomic mass is 10.6. The van der Waals surface area contributed by atoms with Crippen molar-refractivity contribution in [3.05, 3.63) is 36.2 Å². The van der Waals surface area contributed by atoms with Gasteiger partial charge in [0, 0.05) is 16.7 Å². The molecule has 17 heavy (non-hydrogen) atoms. The molecule has 1 heterocycles. The van der Waals surface area contributed by atoms with Gasteiger partial charge in [-0.25, -0.2) is 0 Å². The summed E-state index contributed by atoms with van der Waals surface area (Å²) < 4.78 is 13.2. The van der Waals surface area contributed by atoms with Crippen LogP contribution in [0.2, 0.25) is 0 Å². The number of aromatic nitrogens is 3.